The summed E-state index contributed by atoms with van der Waals surface area (Å²) in [6.07, 6.45) is 2.39. The Hall–Kier alpha value is -3.82. The molecule has 2 fully saturated rings. The first-order valence-corrected chi connectivity index (χ1v) is 17.1. The van der Waals surface area contributed by atoms with Gasteiger partial charge < -0.3 is 14.4 Å². The number of ether oxygens (including phenoxy) is 1. The van der Waals surface area contributed by atoms with Gasteiger partial charge in [0.05, 0.1) is 31.6 Å². The maximum Gasteiger partial charge on any atom is 0.695 e. The van der Waals surface area contributed by atoms with Crippen LogP contribution in [0.15, 0.2) is 30.0 Å². The predicted octanol–water partition coefficient (Wildman–Crippen LogP) is 0.0394. The van der Waals surface area contributed by atoms with Crippen molar-refractivity contribution in [2.45, 2.75) is 63.7 Å². The van der Waals surface area contributed by atoms with Crippen molar-refractivity contribution in [1.82, 2.24) is 43.8 Å². The second kappa shape index (κ2) is 13.4. The molecule has 5 N–H and O–H groups in total. The van der Waals surface area contributed by atoms with Crippen molar-refractivity contribution in [1.29, 1.82) is 0 Å². The molecule has 0 radical (unpaired) electrons. The number of nitrogens with zero attached hydrogens (tertiary/aromatic N) is 7. The first-order valence-electron chi connectivity index (χ1n) is 14.6. The normalized spacial score (nSPS) is 25.3. The molecule has 20 nitrogen and oxygen atoms in total. The average molecular weight is 696 g/mol. The Morgan fingerprint density at radius 2 is 1.96 bits per heavy atom. The Balaban J connectivity index is 1.19. The van der Waals surface area contributed by atoms with Gasteiger partial charge in [-0.15, -0.1) is 9.42 Å². The number of rotatable bonds is 12. The van der Waals surface area contributed by atoms with E-state index >= 15 is 0 Å². The van der Waals surface area contributed by atoms with Crippen LogP contribution in [-0.4, -0.2) is 94.8 Å². The molecule has 5 heterocycles. The average Bonchev–Trinajstić information content (AvgIpc) is 3.80. The number of aromatic amines is 1. The molecule has 252 valence electrons. The summed E-state index contributed by atoms with van der Waals surface area (Å²) in [6.45, 7) is 2.68. The first kappa shape index (κ1) is 33.1. The molecular weight excluding hydrogens is 663 g/mol. The molecule has 0 bridgehead atoms. The molecule has 0 aromatic carbocycles. The van der Waals surface area contributed by atoms with Gasteiger partial charge in [-0.2, -0.15) is 18.1 Å². The zero-order valence-electron chi connectivity index (χ0n) is 25.0. The molecule has 1 amide bonds. The van der Waals surface area contributed by atoms with Crippen LogP contribution in [-0.2, 0) is 33.1 Å². The number of fused-ring (bicyclic) bond motifs is 2. The highest BCUT2D eigenvalue weighted by Crippen LogP contribution is 2.41. The van der Waals surface area contributed by atoms with Crippen molar-refractivity contribution in [3.63, 3.8) is 0 Å². The molecule has 1 saturated heterocycles. The molecule has 1 saturated carbocycles. The Kier molecular flexibility index (Phi) is 9.40. The fourth-order valence-corrected chi connectivity index (χ4v) is 7.28. The van der Waals surface area contributed by atoms with E-state index in [4.69, 9.17) is 13.4 Å². The molecule has 22 heteroatoms. The van der Waals surface area contributed by atoms with Gasteiger partial charge in [0, 0.05) is 35.4 Å². The molecule has 47 heavy (non-hydrogen) atoms. The number of anilines is 1. The summed E-state index contributed by atoms with van der Waals surface area (Å²) in [6, 6.07) is -0.261. The number of imidazole rings is 2. The van der Waals surface area contributed by atoms with Gasteiger partial charge in [0.25, 0.3) is 5.56 Å². The maximum absolute atomic E-state index is 13.2. The topological polar surface area (TPSA) is 268 Å². The van der Waals surface area contributed by atoms with Crippen LogP contribution in [0.25, 0.3) is 22.3 Å². The number of carbonyl (C=O) groups is 1. The molecule has 1 aliphatic carbocycles. The number of H-pyrrole nitrogens is 1. The third-order valence-corrected chi connectivity index (χ3v) is 9.53. The fourth-order valence-electron chi connectivity index (χ4n) is 5.80. The molecular formula is C25H32N10O10PS+. The number of nitrogens with one attached hydrogen (secondary N) is 3. The molecule has 0 spiro atoms. The minimum atomic E-state index is -4.48. The van der Waals surface area contributed by atoms with E-state index in [1.165, 1.54) is 17.2 Å². The second-order valence-electron chi connectivity index (χ2n) is 11.5. The van der Waals surface area contributed by atoms with Crippen LogP contribution in [0.5, 0.6) is 0 Å². The van der Waals surface area contributed by atoms with Crippen molar-refractivity contribution in [2.24, 2.45) is 11.8 Å². The predicted molar refractivity (Wildman–Crippen MR) is 161 cm³/mol. The van der Waals surface area contributed by atoms with Crippen LogP contribution in [0.4, 0.5) is 5.95 Å². The van der Waals surface area contributed by atoms with Gasteiger partial charge in [-0.3, -0.25) is 24.5 Å². The highest BCUT2D eigenvalue weighted by atomic mass is 32.2. The summed E-state index contributed by atoms with van der Waals surface area (Å²) in [5.74, 6) is -1.46. The molecule has 4 aromatic rings. The lowest BCUT2D eigenvalue weighted by Gasteiger charge is -2.21. The Bertz CT molecular complexity index is 1970. The third-order valence-electron chi connectivity index (χ3n) is 8.06. The van der Waals surface area contributed by atoms with Crippen molar-refractivity contribution < 1.29 is 41.2 Å². The van der Waals surface area contributed by atoms with Gasteiger partial charge in [0.1, 0.15) is 24.1 Å². The number of aliphatic hydroxyl groups is 1. The molecule has 6 rings (SSSR count). The maximum atomic E-state index is 13.2. The number of hydrogen-bond donors (Lipinski definition) is 5. The monoisotopic (exact) mass is 695 g/mol. The van der Waals surface area contributed by atoms with Crippen LogP contribution >= 0.6 is 8.25 Å². The van der Waals surface area contributed by atoms with Crippen LogP contribution in [0.1, 0.15) is 45.4 Å². The molecule has 7 atom stereocenters. The highest BCUT2D eigenvalue weighted by molar-refractivity contribution is 7.84. The zero-order chi connectivity index (χ0) is 33.5. The van der Waals surface area contributed by atoms with Crippen molar-refractivity contribution in [3.05, 3.63) is 35.5 Å². The van der Waals surface area contributed by atoms with Gasteiger partial charge in [-0.05, 0) is 12.8 Å². The Labute approximate surface area is 267 Å². The molecule has 4 aromatic heterocycles. The Morgan fingerprint density at radius 1 is 1.17 bits per heavy atom. The van der Waals surface area contributed by atoms with Crippen LogP contribution < -0.4 is 15.6 Å². The highest BCUT2D eigenvalue weighted by Gasteiger charge is 2.44. The summed E-state index contributed by atoms with van der Waals surface area (Å²) < 4.78 is 60.2. The Morgan fingerprint density at radius 3 is 2.70 bits per heavy atom. The van der Waals surface area contributed by atoms with E-state index in [2.05, 4.69) is 39.9 Å². The molecule has 1 aliphatic heterocycles. The van der Waals surface area contributed by atoms with Gasteiger partial charge in [-0.1, -0.05) is 13.8 Å². The summed E-state index contributed by atoms with van der Waals surface area (Å²) in [5.41, 5.74) is 0.369. The van der Waals surface area contributed by atoms with Crippen LogP contribution in [0.3, 0.4) is 0 Å². The van der Waals surface area contributed by atoms with Crippen LogP contribution in [0.2, 0.25) is 0 Å². The van der Waals surface area contributed by atoms with E-state index in [0.717, 1.165) is 0 Å². The smallest absolute Gasteiger partial charge is 0.394 e. The minimum absolute atomic E-state index is 0.0113. The van der Waals surface area contributed by atoms with E-state index in [1.54, 1.807) is 30.9 Å². The lowest BCUT2D eigenvalue weighted by atomic mass is 10.1. The summed E-state index contributed by atoms with van der Waals surface area (Å²) >= 11 is 0. The number of aliphatic hydroxyl groups excluding tert-OH is 1. The lowest BCUT2D eigenvalue weighted by molar-refractivity contribution is -0.118. The zero-order valence-corrected chi connectivity index (χ0v) is 26.7. The number of aromatic nitrogens is 8. The van der Waals surface area contributed by atoms with Gasteiger partial charge in [0.15, 0.2) is 23.0 Å². The largest absolute Gasteiger partial charge is 0.695 e. The molecule has 2 aliphatic rings. The number of hydrogen-bond acceptors (Lipinski definition) is 14. The van der Waals surface area contributed by atoms with E-state index < -0.39 is 73.0 Å². The van der Waals surface area contributed by atoms with Gasteiger partial charge in [0.2, 0.25) is 11.9 Å². The quantitative estimate of drug-likeness (QED) is 0.122. The summed E-state index contributed by atoms with van der Waals surface area (Å²) in [4.78, 5) is 57.7. The minimum Gasteiger partial charge on any atom is -0.394 e. The lowest BCUT2D eigenvalue weighted by Crippen LogP contribution is -2.37. The van der Waals surface area contributed by atoms with Crippen molar-refractivity contribution in [2.75, 3.05) is 18.5 Å². The first-order chi connectivity index (χ1) is 22.4. The van der Waals surface area contributed by atoms with E-state index in [1.807, 2.05) is 0 Å². The second-order valence-corrected chi connectivity index (χ2v) is 13.6. The summed E-state index contributed by atoms with van der Waals surface area (Å²) in [5, 5.41) is 12.3. The number of amides is 1. The SMILES string of the molecule is CC(C)C(=O)Nc1nc2c(ncn2[C@@H]2O[C@H](CO)C[C@H]2OS(=O)(=O)NC[C@H]2C[C@@H](n3cnc4cncnc43)C[C@@H]2O[P+](=O)O)c(=O)[nH]1. The summed E-state index contributed by atoms with van der Waals surface area (Å²) in [7, 11) is -7.45. The van der Waals surface area contributed by atoms with Gasteiger partial charge >= 0.3 is 18.6 Å². The van der Waals surface area contributed by atoms with E-state index in [9.17, 15) is 32.6 Å². The standard InChI is InChI=1S/C25H31N10O10PS/c1-12(2)22(37)32-25-31-21-19(23(38)33-25)29-11-35(21)24-18(5-15(8-36)43-24)45-47(41,42)30-6-13-3-14(4-17(13)44-46(39)40)34-10-28-16-7-26-9-27-20(16)34/h7,9-15,17-18,24,30,36H,3-6,8H2,1-2H3,(H2-,31,32,33,37,38,39,40)/p+1/t13-,14-,15+,17+,18-,24-/m1/s1. The van der Waals surface area contributed by atoms with Gasteiger partial charge in [-0.25, -0.2) is 24.1 Å². The number of carbonyl (C=O) groups excluding carboxylic acids is 1. The van der Waals surface area contributed by atoms with Crippen molar-refractivity contribution >= 4 is 52.7 Å². The van der Waals surface area contributed by atoms with Crippen molar-refractivity contribution in [3.8, 4) is 0 Å². The third kappa shape index (κ3) is 7.06. The van der Waals surface area contributed by atoms with E-state index in [0.29, 0.717) is 24.0 Å². The molecule has 1 unspecified atom stereocenters. The fraction of sp³-hybridized carbons (Fsp3) is 0.560. The van der Waals surface area contributed by atoms with E-state index in [-0.39, 0.29) is 36.1 Å². The van der Waals surface area contributed by atoms with Crippen LogP contribution in [0, 0.1) is 11.8 Å².